The lowest BCUT2D eigenvalue weighted by molar-refractivity contribution is 0.102. The molecule has 6 heteroatoms. The highest BCUT2D eigenvalue weighted by Gasteiger charge is 2.47. The highest BCUT2D eigenvalue weighted by Crippen LogP contribution is 2.54. The van der Waals surface area contributed by atoms with E-state index in [1.807, 2.05) is 36.4 Å². The van der Waals surface area contributed by atoms with Gasteiger partial charge in [0.05, 0.1) is 17.4 Å². The number of fused-ring (bicyclic) bond motifs is 4. The Morgan fingerprint density at radius 2 is 1.88 bits per heavy atom. The van der Waals surface area contributed by atoms with Crippen molar-refractivity contribution >= 4 is 39.7 Å². The van der Waals surface area contributed by atoms with Crippen LogP contribution in [0.4, 0.5) is 17.1 Å². The molecule has 6 nitrogen and oxygen atoms in total. The second-order valence-electron chi connectivity index (χ2n) is 9.13. The molecule has 2 heterocycles. The molecular formula is C28H27N5O. The molecule has 2 aliphatic rings. The third-order valence-electron chi connectivity index (χ3n) is 7.01. The molecule has 3 N–H and O–H groups in total. The fourth-order valence-corrected chi connectivity index (χ4v) is 5.00. The van der Waals surface area contributed by atoms with Crippen molar-refractivity contribution in [3.8, 4) is 0 Å². The van der Waals surface area contributed by atoms with Crippen molar-refractivity contribution in [2.75, 3.05) is 10.6 Å². The van der Waals surface area contributed by atoms with Crippen molar-refractivity contribution in [2.45, 2.75) is 39.0 Å². The van der Waals surface area contributed by atoms with Crippen molar-refractivity contribution in [1.29, 1.82) is 0 Å². The minimum atomic E-state index is -0.109. The van der Waals surface area contributed by atoms with Crippen LogP contribution in [0.3, 0.4) is 0 Å². The zero-order valence-electron chi connectivity index (χ0n) is 19.4. The van der Waals surface area contributed by atoms with Crippen molar-refractivity contribution in [3.63, 3.8) is 0 Å². The highest BCUT2D eigenvalue weighted by atomic mass is 16.1. The van der Waals surface area contributed by atoms with E-state index in [-0.39, 0.29) is 5.91 Å². The Morgan fingerprint density at radius 3 is 2.68 bits per heavy atom. The number of nitrogens with one attached hydrogen (secondary N) is 3. The molecule has 0 radical (unpaired) electrons. The van der Waals surface area contributed by atoms with Gasteiger partial charge in [-0.1, -0.05) is 32.0 Å². The van der Waals surface area contributed by atoms with Crippen LogP contribution in [0.5, 0.6) is 0 Å². The lowest BCUT2D eigenvalue weighted by Gasteiger charge is -2.21. The predicted molar refractivity (Wildman–Crippen MR) is 137 cm³/mol. The van der Waals surface area contributed by atoms with Gasteiger partial charge in [-0.3, -0.25) is 9.89 Å². The average molecular weight is 450 g/mol. The Bertz CT molecular complexity index is 1430. The Morgan fingerprint density at radius 1 is 1.06 bits per heavy atom. The number of benzene rings is 3. The standard InChI is InChI=1S/C28H27N5O/c1-3-16-6-5-7-17(4-2)26(16)32-27-23-14-21(23)22-12-18(9-11-24(22)31-27)28(34)30-20-10-8-19-15-29-33-25(19)13-20/h5-13,15,21,23H,3-4,14H2,1-2H3,(H,29,33)(H,30,34)(H,31,32). The van der Waals surface area contributed by atoms with Gasteiger partial charge in [-0.25, -0.2) is 4.99 Å². The summed E-state index contributed by atoms with van der Waals surface area (Å²) >= 11 is 0. The number of H-pyrrole nitrogens is 1. The monoisotopic (exact) mass is 449 g/mol. The fourth-order valence-electron chi connectivity index (χ4n) is 5.00. The van der Waals surface area contributed by atoms with Gasteiger partial charge in [-0.2, -0.15) is 5.10 Å². The maximum atomic E-state index is 13.0. The number of hydrogen-bond acceptors (Lipinski definition) is 3. The number of aromatic nitrogens is 2. The molecule has 0 spiro atoms. The summed E-state index contributed by atoms with van der Waals surface area (Å²) in [4.78, 5) is 18.1. The van der Waals surface area contributed by atoms with Crippen LogP contribution >= 0.6 is 0 Å². The van der Waals surface area contributed by atoms with Crippen molar-refractivity contribution < 1.29 is 4.79 Å². The molecule has 4 aromatic rings. The van der Waals surface area contributed by atoms with Crippen LogP contribution in [0.1, 0.15) is 53.2 Å². The number of nitrogens with zero attached hydrogens (tertiary/aromatic N) is 2. The molecule has 2 atom stereocenters. The molecular weight excluding hydrogens is 422 g/mol. The number of hydrogen-bond donors (Lipinski definition) is 3. The Balaban J connectivity index is 1.26. The van der Waals surface area contributed by atoms with Gasteiger partial charge in [0.15, 0.2) is 0 Å². The lowest BCUT2D eigenvalue weighted by atomic mass is 9.99. The summed E-state index contributed by atoms with van der Waals surface area (Å²) in [5.41, 5.74) is 8.28. The molecule has 1 amide bonds. The van der Waals surface area contributed by atoms with Crippen molar-refractivity contribution in [2.24, 2.45) is 10.9 Å². The first-order valence-corrected chi connectivity index (χ1v) is 12.0. The second kappa shape index (κ2) is 8.13. The van der Waals surface area contributed by atoms with E-state index >= 15 is 0 Å². The number of aromatic amines is 1. The van der Waals surface area contributed by atoms with Gasteiger partial charge in [0.25, 0.3) is 5.91 Å². The number of amidine groups is 1. The van der Waals surface area contributed by atoms with Crippen LogP contribution in [0.25, 0.3) is 10.9 Å². The SMILES string of the molecule is CCc1cccc(CC)c1N=C1Nc2ccc(C(=O)Nc3ccc4cn[nH]c4c3)cc2C2CC12. The lowest BCUT2D eigenvalue weighted by Crippen LogP contribution is -2.21. The number of amides is 1. The predicted octanol–water partition coefficient (Wildman–Crippen LogP) is 6.20. The highest BCUT2D eigenvalue weighted by molar-refractivity contribution is 6.08. The van der Waals surface area contributed by atoms with Gasteiger partial charge in [-0.15, -0.1) is 0 Å². The molecule has 1 aromatic heterocycles. The minimum Gasteiger partial charge on any atom is -0.343 e. The maximum Gasteiger partial charge on any atom is 0.255 e. The summed E-state index contributed by atoms with van der Waals surface area (Å²) in [5, 5.41) is 14.6. The van der Waals surface area contributed by atoms with Crippen LogP contribution in [-0.4, -0.2) is 21.9 Å². The molecule has 2 unspecified atom stereocenters. The van der Waals surface area contributed by atoms with Gasteiger partial charge in [0.1, 0.15) is 5.84 Å². The largest absolute Gasteiger partial charge is 0.343 e. The summed E-state index contributed by atoms with van der Waals surface area (Å²) in [6.45, 7) is 4.36. The molecule has 34 heavy (non-hydrogen) atoms. The van der Waals surface area contributed by atoms with E-state index in [0.29, 0.717) is 17.4 Å². The van der Waals surface area contributed by atoms with Crippen LogP contribution in [0, 0.1) is 5.92 Å². The molecule has 0 bridgehead atoms. The van der Waals surface area contributed by atoms with Crippen LogP contribution in [0.15, 0.2) is 65.8 Å². The van der Waals surface area contributed by atoms with E-state index in [4.69, 9.17) is 4.99 Å². The zero-order chi connectivity index (χ0) is 23.2. The molecule has 1 fully saturated rings. The topological polar surface area (TPSA) is 82.2 Å². The Kier molecular flexibility index (Phi) is 4.94. The molecule has 170 valence electrons. The van der Waals surface area contributed by atoms with Gasteiger partial charge in [0.2, 0.25) is 0 Å². The molecule has 3 aromatic carbocycles. The number of para-hydroxylation sites is 1. The summed E-state index contributed by atoms with van der Waals surface area (Å²) in [7, 11) is 0. The van der Waals surface area contributed by atoms with E-state index in [0.717, 1.165) is 53.1 Å². The average Bonchev–Trinajstić information content (AvgIpc) is 3.54. The van der Waals surface area contributed by atoms with Crippen molar-refractivity contribution in [1.82, 2.24) is 10.2 Å². The molecule has 1 aliphatic heterocycles. The summed E-state index contributed by atoms with van der Waals surface area (Å²) < 4.78 is 0. The van der Waals surface area contributed by atoms with E-state index < -0.39 is 0 Å². The second-order valence-corrected chi connectivity index (χ2v) is 9.13. The van der Waals surface area contributed by atoms with Crippen LogP contribution in [-0.2, 0) is 12.8 Å². The number of carbonyl (C=O) groups is 1. The molecule has 6 rings (SSSR count). The first-order chi connectivity index (χ1) is 16.6. The van der Waals surface area contributed by atoms with Crippen molar-refractivity contribution in [3.05, 3.63) is 83.0 Å². The number of rotatable bonds is 5. The summed E-state index contributed by atoms with van der Waals surface area (Å²) in [6, 6.07) is 18.2. The number of aliphatic imine (C=N–C) groups is 1. The Hall–Kier alpha value is -3.93. The molecule has 1 aliphatic carbocycles. The number of aryl methyl sites for hydroxylation is 2. The van der Waals surface area contributed by atoms with E-state index in [1.54, 1.807) is 6.20 Å². The number of carbonyl (C=O) groups excluding carboxylic acids is 1. The van der Waals surface area contributed by atoms with Gasteiger partial charge >= 0.3 is 0 Å². The first-order valence-electron chi connectivity index (χ1n) is 12.0. The summed E-state index contributed by atoms with van der Waals surface area (Å²) in [5.74, 6) is 1.76. The van der Waals surface area contributed by atoms with Gasteiger partial charge < -0.3 is 10.6 Å². The first kappa shape index (κ1) is 20.7. The smallest absolute Gasteiger partial charge is 0.255 e. The van der Waals surface area contributed by atoms with Crippen LogP contribution in [0.2, 0.25) is 0 Å². The minimum absolute atomic E-state index is 0.109. The van der Waals surface area contributed by atoms with Crippen LogP contribution < -0.4 is 10.6 Å². The third kappa shape index (κ3) is 3.55. The van der Waals surface area contributed by atoms with E-state index in [1.165, 1.54) is 16.7 Å². The zero-order valence-corrected chi connectivity index (χ0v) is 19.4. The van der Waals surface area contributed by atoms with Gasteiger partial charge in [0, 0.05) is 28.2 Å². The number of anilines is 2. The fraction of sp³-hybridized carbons (Fsp3) is 0.250. The van der Waals surface area contributed by atoms with E-state index in [2.05, 4.69) is 52.9 Å². The molecule has 0 saturated heterocycles. The third-order valence-corrected chi connectivity index (χ3v) is 7.01. The normalized spacial score (nSPS) is 19.4. The van der Waals surface area contributed by atoms with Gasteiger partial charge in [-0.05, 0) is 78.3 Å². The summed E-state index contributed by atoms with van der Waals surface area (Å²) in [6.07, 6.45) is 4.77. The van der Waals surface area contributed by atoms with E-state index in [9.17, 15) is 4.79 Å². The molecule has 1 saturated carbocycles. The maximum absolute atomic E-state index is 13.0. The quantitative estimate of drug-likeness (QED) is 0.339. The Labute approximate surface area is 198 Å².